The molecular formula is C17H23N7. The molecule has 2 aromatic heterocycles. The van der Waals surface area contributed by atoms with Crippen molar-refractivity contribution in [2.45, 2.75) is 13.0 Å². The van der Waals surface area contributed by atoms with E-state index >= 15 is 0 Å². The maximum Gasteiger partial charge on any atom is 0.224 e. The summed E-state index contributed by atoms with van der Waals surface area (Å²) in [5.74, 6) is 0.985. The number of hydrogen-bond acceptors (Lipinski definition) is 6. The van der Waals surface area contributed by atoms with Crippen LogP contribution in [-0.2, 0) is 6.54 Å². The van der Waals surface area contributed by atoms with Gasteiger partial charge in [0.2, 0.25) is 5.95 Å². The number of nitrogens with zero attached hydrogens (tertiary/aromatic N) is 5. The first-order valence-electron chi connectivity index (χ1n) is 7.99. The number of hydrogen-bond donors (Lipinski definition) is 2. The topological polar surface area (TPSA) is 84.9 Å². The van der Waals surface area contributed by atoms with Gasteiger partial charge in [0.15, 0.2) is 0 Å². The first-order chi connectivity index (χ1) is 11.6. The number of benzene rings is 1. The van der Waals surface area contributed by atoms with Crippen LogP contribution in [0.2, 0.25) is 0 Å². The molecule has 1 aromatic carbocycles. The van der Waals surface area contributed by atoms with E-state index in [9.17, 15) is 0 Å². The minimum atomic E-state index is 0.465. The van der Waals surface area contributed by atoms with Crippen LogP contribution in [0.3, 0.4) is 0 Å². The third-order valence-corrected chi connectivity index (χ3v) is 3.97. The van der Waals surface area contributed by atoms with Crippen molar-refractivity contribution >= 4 is 22.7 Å². The summed E-state index contributed by atoms with van der Waals surface area (Å²) in [5, 5.41) is 8.52. The van der Waals surface area contributed by atoms with Gasteiger partial charge in [-0.3, -0.25) is 4.68 Å². The van der Waals surface area contributed by atoms with Crippen LogP contribution < -0.4 is 11.1 Å². The van der Waals surface area contributed by atoms with E-state index in [-0.39, 0.29) is 0 Å². The summed E-state index contributed by atoms with van der Waals surface area (Å²) < 4.78 is 2.04. The first kappa shape index (κ1) is 16.2. The van der Waals surface area contributed by atoms with Crippen molar-refractivity contribution in [3.8, 4) is 11.1 Å². The summed E-state index contributed by atoms with van der Waals surface area (Å²) in [6.45, 7) is 1.92. The smallest absolute Gasteiger partial charge is 0.224 e. The van der Waals surface area contributed by atoms with Crippen LogP contribution in [0.4, 0.5) is 11.8 Å². The SMILES string of the molecule is CNc1ncc(-c2ccc3cnn(CCCN(C)C)c3c2)c(N)n1. The van der Waals surface area contributed by atoms with E-state index in [1.807, 2.05) is 16.9 Å². The fourth-order valence-electron chi connectivity index (χ4n) is 2.69. The summed E-state index contributed by atoms with van der Waals surface area (Å²) >= 11 is 0. The van der Waals surface area contributed by atoms with Crippen LogP contribution in [0.1, 0.15) is 6.42 Å². The van der Waals surface area contributed by atoms with Crippen molar-refractivity contribution in [1.29, 1.82) is 0 Å². The van der Waals surface area contributed by atoms with Gasteiger partial charge in [0.25, 0.3) is 0 Å². The zero-order valence-corrected chi connectivity index (χ0v) is 14.3. The lowest BCUT2D eigenvalue weighted by molar-refractivity contribution is 0.382. The first-order valence-corrected chi connectivity index (χ1v) is 7.99. The minimum absolute atomic E-state index is 0.465. The highest BCUT2D eigenvalue weighted by Gasteiger charge is 2.09. The second kappa shape index (κ2) is 6.84. The Morgan fingerprint density at radius 3 is 2.79 bits per heavy atom. The number of nitrogen functional groups attached to an aromatic ring is 1. The van der Waals surface area contributed by atoms with E-state index in [2.05, 4.69) is 51.5 Å². The maximum absolute atomic E-state index is 6.08. The maximum atomic E-state index is 6.08. The molecule has 2 heterocycles. The minimum Gasteiger partial charge on any atom is -0.383 e. The average Bonchev–Trinajstić information content (AvgIpc) is 2.97. The van der Waals surface area contributed by atoms with Gasteiger partial charge in [-0.15, -0.1) is 0 Å². The van der Waals surface area contributed by atoms with Crippen molar-refractivity contribution in [1.82, 2.24) is 24.6 Å². The molecule has 0 saturated carbocycles. The monoisotopic (exact) mass is 325 g/mol. The van der Waals surface area contributed by atoms with Crippen LogP contribution >= 0.6 is 0 Å². The molecule has 0 aliphatic rings. The quantitative estimate of drug-likeness (QED) is 0.722. The van der Waals surface area contributed by atoms with Gasteiger partial charge in [-0.1, -0.05) is 12.1 Å². The van der Waals surface area contributed by atoms with Crippen LogP contribution in [0.15, 0.2) is 30.6 Å². The molecule has 3 aromatic rings. The van der Waals surface area contributed by atoms with Gasteiger partial charge in [0.1, 0.15) is 5.82 Å². The summed E-state index contributed by atoms with van der Waals surface area (Å²) in [6.07, 6.45) is 4.71. The number of rotatable bonds is 6. The lowest BCUT2D eigenvalue weighted by Gasteiger charge is -2.10. The molecule has 7 heteroatoms. The van der Waals surface area contributed by atoms with Crippen molar-refractivity contribution in [3.63, 3.8) is 0 Å². The van der Waals surface area contributed by atoms with Crippen molar-refractivity contribution in [2.75, 3.05) is 38.7 Å². The van der Waals surface area contributed by atoms with Gasteiger partial charge in [-0.05, 0) is 38.7 Å². The number of anilines is 2. The number of nitrogens with one attached hydrogen (secondary N) is 1. The van der Waals surface area contributed by atoms with E-state index in [1.165, 1.54) is 0 Å². The Kier molecular flexibility index (Phi) is 4.61. The lowest BCUT2D eigenvalue weighted by atomic mass is 10.1. The molecule has 0 amide bonds. The van der Waals surface area contributed by atoms with Crippen molar-refractivity contribution in [2.24, 2.45) is 0 Å². The number of nitrogens with two attached hydrogens (primary N) is 1. The van der Waals surface area contributed by atoms with Gasteiger partial charge in [-0.25, -0.2) is 4.98 Å². The number of aryl methyl sites for hydroxylation is 1. The van der Waals surface area contributed by atoms with Gasteiger partial charge in [0, 0.05) is 30.7 Å². The molecule has 24 heavy (non-hydrogen) atoms. The van der Waals surface area contributed by atoms with Crippen LogP contribution in [0.5, 0.6) is 0 Å². The molecule has 0 aliphatic heterocycles. The predicted molar refractivity (Wildman–Crippen MR) is 97.9 cm³/mol. The highest BCUT2D eigenvalue weighted by Crippen LogP contribution is 2.28. The normalized spacial score (nSPS) is 11.3. The Morgan fingerprint density at radius 1 is 1.25 bits per heavy atom. The Balaban J connectivity index is 1.92. The molecule has 0 fully saturated rings. The summed E-state index contributed by atoms with van der Waals surface area (Å²) in [6, 6.07) is 6.19. The molecule has 126 valence electrons. The highest BCUT2D eigenvalue weighted by atomic mass is 15.3. The van der Waals surface area contributed by atoms with Crippen LogP contribution in [-0.4, -0.2) is 52.3 Å². The zero-order valence-electron chi connectivity index (χ0n) is 14.3. The standard InChI is InChI=1S/C17H23N7/c1-19-17-20-11-14(16(18)22-17)12-5-6-13-10-21-24(15(13)9-12)8-4-7-23(2)3/h5-6,9-11H,4,7-8H2,1-3H3,(H3,18,19,20,22). The molecule has 0 bridgehead atoms. The highest BCUT2D eigenvalue weighted by molar-refractivity contribution is 5.86. The van der Waals surface area contributed by atoms with Gasteiger partial charge >= 0.3 is 0 Å². The second-order valence-electron chi connectivity index (χ2n) is 6.04. The van der Waals surface area contributed by atoms with E-state index < -0.39 is 0 Å². The number of aromatic nitrogens is 4. The zero-order chi connectivity index (χ0) is 17.1. The second-order valence-corrected chi connectivity index (χ2v) is 6.04. The Labute approximate surface area is 141 Å². The summed E-state index contributed by atoms with van der Waals surface area (Å²) in [7, 11) is 5.93. The Hall–Kier alpha value is -2.67. The number of fused-ring (bicyclic) bond motifs is 1. The van der Waals surface area contributed by atoms with E-state index in [0.29, 0.717) is 11.8 Å². The third-order valence-electron chi connectivity index (χ3n) is 3.97. The largest absolute Gasteiger partial charge is 0.383 e. The predicted octanol–water partition coefficient (Wildman–Crippen LogP) is 2.07. The molecule has 0 radical (unpaired) electrons. The van der Waals surface area contributed by atoms with Gasteiger partial charge in [-0.2, -0.15) is 10.1 Å². The fourth-order valence-corrected chi connectivity index (χ4v) is 2.69. The average molecular weight is 325 g/mol. The van der Waals surface area contributed by atoms with Crippen molar-refractivity contribution in [3.05, 3.63) is 30.6 Å². The third kappa shape index (κ3) is 3.30. The lowest BCUT2D eigenvalue weighted by Crippen LogP contribution is -2.15. The van der Waals surface area contributed by atoms with Crippen LogP contribution in [0.25, 0.3) is 22.0 Å². The van der Waals surface area contributed by atoms with Gasteiger partial charge in [0.05, 0.1) is 11.7 Å². The van der Waals surface area contributed by atoms with Crippen LogP contribution in [0, 0.1) is 0 Å². The molecule has 0 saturated heterocycles. The molecule has 3 N–H and O–H groups in total. The summed E-state index contributed by atoms with van der Waals surface area (Å²) in [4.78, 5) is 10.7. The molecule has 0 unspecified atom stereocenters. The van der Waals surface area contributed by atoms with E-state index in [1.54, 1.807) is 13.2 Å². The molecule has 0 aliphatic carbocycles. The Morgan fingerprint density at radius 2 is 2.08 bits per heavy atom. The molecule has 3 rings (SSSR count). The van der Waals surface area contributed by atoms with Gasteiger partial charge < -0.3 is 16.0 Å². The molecular weight excluding hydrogens is 302 g/mol. The summed E-state index contributed by atoms with van der Waals surface area (Å²) in [5.41, 5.74) is 9.01. The van der Waals surface area contributed by atoms with Crippen molar-refractivity contribution < 1.29 is 0 Å². The molecule has 0 spiro atoms. The van der Waals surface area contributed by atoms with E-state index in [0.717, 1.165) is 41.5 Å². The van der Waals surface area contributed by atoms with E-state index in [4.69, 9.17) is 5.73 Å². The molecule has 0 atom stereocenters. The fraction of sp³-hybridized carbons (Fsp3) is 0.353. The molecule has 7 nitrogen and oxygen atoms in total. The Bertz CT molecular complexity index is 838.